The smallest absolute Gasteiger partial charge is 0.320 e. The predicted molar refractivity (Wildman–Crippen MR) is 60.2 cm³/mol. The second-order valence-electron chi connectivity index (χ2n) is 4.65. The highest BCUT2D eigenvalue weighted by Gasteiger charge is 2.20. The Kier molecular flexibility index (Phi) is 6.03. The number of aliphatic carboxylic acids is 1. The lowest BCUT2D eigenvalue weighted by Gasteiger charge is -2.20. The maximum absolute atomic E-state index is 11.3. The normalized spacial score (nSPS) is 13.2. The lowest BCUT2D eigenvalue weighted by molar-refractivity contribution is -0.154. The Morgan fingerprint density at radius 3 is 2.31 bits per heavy atom. The zero-order valence-corrected chi connectivity index (χ0v) is 10.4. The molecule has 0 spiro atoms. The summed E-state index contributed by atoms with van der Waals surface area (Å²) < 4.78 is 5.05. The molecule has 0 bridgehead atoms. The van der Waals surface area contributed by atoms with Crippen LogP contribution in [0, 0.1) is 0 Å². The Balaban J connectivity index is 4.01. The Bertz CT molecular complexity index is 245. The van der Waals surface area contributed by atoms with Crippen molar-refractivity contribution in [3.63, 3.8) is 0 Å². The van der Waals surface area contributed by atoms with E-state index in [1.54, 1.807) is 20.8 Å². The Morgan fingerprint density at radius 2 is 1.94 bits per heavy atom. The van der Waals surface area contributed by atoms with E-state index >= 15 is 0 Å². The van der Waals surface area contributed by atoms with E-state index in [9.17, 15) is 9.59 Å². The minimum atomic E-state index is -0.939. The monoisotopic (exact) mass is 231 g/mol. The molecule has 1 atom stereocenters. The first-order valence-electron chi connectivity index (χ1n) is 5.44. The van der Waals surface area contributed by atoms with Crippen LogP contribution in [0.4, 0.5) is 0 Å². The standard InChI is InChI=1S/C11H21NO4/c1-5-6-8(10(14)15)12-7-9(13)16-11(2,3)4/h8,12H,5-7H2,1-4H3,(H,14,15). The summed E-state index contributed by atoms with van der Waals surface area (Å²) in [6.45, 7) is 7.13. The average Bonchev–Trinajstić information content (AvgIpc) is 2.08. The number of carboxylic acids is 1. The molecule has 0 aromatic heterocycles. The molecule has 0 fully saturated rings. The van der Waals surface area contributed by atoms with Crippen molar-refractivity contribution in [1.29, 1.82) is 0 Å². The molecule has 0 aliphatic heterocycles. The van der Waals surface area contributed by atoms with Gasteiger partial charge in [-0.2, -0.15) is 0 Å². The van der Waals surface area contributed by atoms with Gasteiger partial charge in [-0.1, -0.05) is 13.3 Å². The molecule has 0 rings (SSSR count). The van der Waals surface area contributed by atoms with E-state index in [0.717, 1.165) is 6.42 Å². The number of hydrogen-bond donors (Lipinski definition) is 2. The van der Waals surface area contributed by atoms with E-state index < -0.39 is 23.6 Å². The molecule has 0 aromatic rings. The summed E-state index contributed by atoms with van der Waals surface area (Å²) in [4.78, 5) is 22.1. The molecule has 0 radical (unpaired) electrons. The van der Waals surface area contributed by atoms with Crippen LogP contribution in [0.3, 0.4) is 0 Å². The second-order valence-corrected chi connectivity index (χ2v) is 4.65. The van der Waals surface area contributed by atoms with E-state index in [1.165, 1.54) is 0 Å². The molecule has 0 saturated heterocycles. The first kappa shape index (κ1) is 14.9. The quantitative estimate of drug-likeness (QED) is 0.671. The fourth-order valence-electron chi connectivity index (χ4n) is 1.19. The van der Waals surface area contributed by atoms with E-state index in [2.05, 4.69) is 5.32 Å². The van der Waals surface area contributed by atoms with Gasteiger partial charge in [0.2, 0.25) is 0 Å². The SMILES string of the molecule is CCCC(NCC(=O)OC(C)(C)C)C(=O)O. The molecule has 94 valence electrons. The van der Waals surface area contributed by atoms with Crippen molar-refractivity contribution in [2.75, 3.05) is 6.54 Å². The summed E-state index contributed by atoms with van der Waals surface area (Å²) in [7, 11) is 0. The van der Waals surface area contributed by atoms with Gasteiger partial charge < -0.3 is 9.84 Å². The lowest BCUT2D eigenvalue weighted by Crippen LogP contribution is -2.41. The molecule has 0 heterocycles. The molecule has 0 aliphatic carbocycles. The molecule has 1 unspecified atom stereocenters. The van der Waals surface area contributed by atoms with Crippen LogP contribution in [-0.4, -0.2) is 35.2 Å². The van der Waals surface area contributed by atoms with Gasteiger partial charge in [0.25, 0.3) is 0 Å². The minimum Gasteiger partial charge on any atom is -0.480 e. The number of carbonyl (C=O) groups excluding carboxylic acids is 1. The van der Waals surface area contributed by atoms with E-state index in [-0.39, 0.29) is 6.54 Å². The maximum Gasteiger partial charge on any atom is 0.320 e. The van der Waals surface area contributed by atoms with E-state index in [1.807, 2.05) is 6.92 Å². The van der Waals surface area contributed by atoms with Crippen LogP contribution in [0.25, 0.3) is 0 Å². The molecule has 0 aliphatic rings. The highest BCUT2D eigenvalue weighted by Crippen LogP contribution is 2.06. The molecule has 0 aromatic carbocycles. The summed E-state index contributed by atoms with van der Waals surface area (Å²) >= 11 is 0. The predicted octanol–water partition coefficient (Wildman–Crippen LogP) is 1.17. The summed E-state index contributed by atoms with van der Waals surface area (Å²) in [5.74, 6) is -1.37. The molecule has 5 heteroatoms. The number of hydrogen-bond acceptors (Lipinski definition) is 4. The van der Waals surface area contributed by atoms with Crippen LogP contribution in [0.15, 0.2) is 0 Å². The van der Waals surface area contributed by atoms with Crippen molar-refractivity contribution in [3.8, 4) is 0 Å². The van der Waals surface area contributed by atoms with Crippen molar-refractivity contribution < 1.29 is 19.4 Å². The molecule has 5 nitrogen and oxygen atoms in total. The third-order valence-corrected chi connectivity index (χ3v) is 1.79. The molecular weight excluding hydrogens is 210 g/mol. The van der Waals surface area contributed by atoms with Crippen LogP contribution in [0.1, 0.15) is 40.5 Å². The van der Waals surface area contributed by atoms with Gasteiger partial charge in [0.05, 0.1) is 6.54 Å². The molecule has 16 heavy (non-hydrogen) atoms. The fraction of sp³-hybridized carbons (Fsp3) is 0.818. The number of esters is 1. The molecule has 0 saturated carbocycles. The van der Waals surface area contributed by atoms with Crippen molar-refractivity contribution >= 4 is 11.9 Å². The van der Waals surface area contributed by atoms with Crippen LogP contribution >= 0.6 is 0 Å². The van der Waals surface area contributed by atoms with Crippen LogP contribution < -0.4 is 5.32 Å². The number of carboxylic acid groups (broad SMARTS) is 1. The Labute approximate surface area is 96.2 Å². The first-order chi connectivity index (χ1) is 7.26. The molecule has 0 amide bonds. The van der Waals surface area contributed by atoms with Gasteiger partial charge in [0.1, 0.15) is 11.6 Å². The van der Waals surface area contributed by atoms with Crippen molar-refractivity contribution in [2.24, 2.45) is 0 Å². The van der Waals surface area contributed by atoms with Gasteiger partial charge in [-0.25, -0.2) is 0 Å². The topological polar surface area (TPSA) is 75.6 Å². The second kappa shape index (κ2) is 6.48. The van der Waals surface area contributed by atoms with Gasteiger partial charge in [0, 0.05) is 0 Å². The van der Waals surface area contributed by atoms with E-state index in [4.69, 9.17) is 9.84 Å². The van der Waals surface area contributed by atoms with Gasteiger partial charge >= 0.3 is 11.9 Å². The first-order valence-corrected chi connectivity index (χ1v) is 5.44. The summed E-state index contributed by atoms with van der Waals surface area (Å²) in [6.07, 6.45) is 1.25. The Hall–Kier alpha value is -1.10. The number of nitrogens with one attached hydrogen (secondary N) is 1. The minimum absolute atomic E-state index is 0.0752. The van der Waals surface area contributed by atoms with Crippen LogP contribution in [0.2, 0.25) is 0 Å². The van der Waals surface area contributed by atoms with Gasteiger partial charge in [-0.15, -0.1) is 0 Å². The van der Waals surface area contributed by atoms with Gasteiger partial charge in [-0.05, 0) is 27.2 Å². The summed E-state index contributed by atoms with van der Waals surface area (Å²) in [5.41, 5.74) is -0.539. The van der Waals surface area contributed by atoms with Crippen molar-refractivity contribution in [1.82, 2.24) is 5.32 Å². The van der Waals surface area contributed by atoms with Gasteiger partial charge in [-0.3, -0.25) is 14.9 Å². The van der Waals surface area contributed by atoms with Crippen LogP contribution in [-0.2, 0) is 14.3 Å². The zero-order chi connectivity index (χ0) is 12.8. The van der Waals surface area contributed by atoms with Crippen molar-refractivity contribution in [2.45, 2.75) is 52.2 Å². The third kappa shape index (κ3) is 7.23. The highest BCUT2D eigenvalue weighted by molar-refractivity contribution is 5.76. The van der Waals surface area contributed by atoms with E-state index in [0.29, 0.717) is 6.42 Å². The number of rotatable bonds is 6. The highest BCUT2D eigenvalue weighted by atomic mass is 16.6. The maximum atomic E-state index is 11.3. The Morgan fingerprint density at radius 1 is 1.38 bits per heavy atom. The fourth-order valence-corrected chi connectivity index (χ4v) is 1.19. The summed E-state index contributed by atoms with van der Waals surface area (Å²) in [5, 5.41) is 11.5. The van der Waals surface area contributed by atoms with Crippen LogP contribution in [0.5, 0.6) is 0 Å². The number of ether oxygens (including phenoxy) is 1. The lowest BCUT2D eigenvalue weighted by atomic mass is 10.1. The zero-order valence-electron chi connectivity index (χ0n) is 10.4. The third-order valence-electron chi connectivity index (χ3n) is 1.79. The van der Waals surface area contributed by atoms with Crippen molar-refractivity contribution in [3.05, 3.63) is 0 Å². The average molecular weight is 231 g/mol. The van der Waals surface area contributed by atoms with Gasteiger partial charge in [0.15, 0.2) is 0 Å². The summed E-state index contributed by atoms with van der Waals surface area (Å²) in [6, 6.07) is -0.683. The largest absolute Gasteiger partial charge is 0.480 e. The number of carbonyl (C=O) groups is 2. The molecular formula is C11H21NO4. The molecule has 2 N–H and O–H groups in total.